The van der Waals surface area contributed by atoms with Crippen molar-refractivity contribution < 1.29 is 34.8 Å². The van der Waals surface area contributed by atoms with Crippen molar-refractivity contribution in [3.63, 3.8) is 0 Å². The average molecular weight is 322 g/mol. The Morgan fingerprint density at radius 1 is 1.25 bits per heavy atom. The van der Waals surface area contributed by atoms with E-state index in [2.05, 4.69) is 0 Å². The second-order valence-electron chi connectivity index (χ2n) is 3.70. The van der Waals surface area contributed by atoms with Crippen molar-refractivity contribution in [2.75, 3.05) is 12.3 Å². The fourth-order valence-corrected chi connectivity index (χ4v) is 2.29. The first kappa shape index (κ1) is 16.6. The fraction of sp³-hybridized carbons (Fsp3) is 0.333. The number of nitrogens with one attached hydrogen (secondary N) is 1. The molecule has 0 fully saturated rings. The van der Waals surface area contributed by atoms with Crippen LogP contribution in [-0.2, 0) is 10.0 Å². The van der Waals surface area contributed by atoms with Crippen LogP contribution in [0.5, 0.6) is 0 Å². The molecular weight excluding hydrogens is 314 g/mol. The summed E-state index contributed by atoms with van der Waals surface area (Å²) < 4.78 is 99.1. The molecule has 20 heavy (non-hydrogen) atoms. The Bertz CT molecular complexity index is 605. The Morgan fingerprint density at radius 3 is 2.30 bits per heavy atom. The molecule has 0 radical (unpaired) electrons. The van der Waals surface area contributed by atoms with Gasteiger partial charge in [-0.1, -0.05) is 0 Å². The van der Waals surface area contributed by atoms with E-state index in [1.54, 1.807) is 0 Å². The number of anilines is 1. The van der Waals surface area contributed by atoms with Crippen LogP contribution in [0, 0.1) is 11.6 Å². The Balaban J connectivity index is 3.07. The molecule has 0 spiro atoms. The van der Waals surface area contributed by atoms with Crippen molar-refractivity contribution in [1.82, 2.24) is 4.72 Å². The molecule has 0 saturated heterocycles. The summed E-state index contributed by atoms with van der Waals surface area (Å²) in [6.07, 6.45) is -4.12. The van der Waals surface area contributed by atoms with Crippen LogP contribution in [0.15, 0.2) is 17.0 Å². The second-order valence-corrected chi connectivity index (χ2v) is 5.44. The van der Waals surface area contributed by atoms with Crippen LogP contribution in [0.3, 0.4) is 0 Å². The highest BCUT2D eigenvalue weighted by Crippen LogP contribution is 2.24. The zero-order valence-corrected chi connectivity index (χ0v) is 10.3. The van der Waals surface area contributed by atoms with E-state index in [0.717, 1.165) is 4.72 Å². The van der Waals surface area contributed by atoms with Gasteiger partial charge >= 0.3 is 12.3 Å². The molecule has 1 aromatic rings. The highest BCUT2D eigenvalue weighted by Gasteiger charge is 2.42. The molecule has 11 heteroatoms. The van der Waals surface area contributed by atoms with E-state index in [1.807, 2.05) is 0 Å². The van der Waals surface area contributed by atoms with Gasteiger partial charge in [0.25, 0.3) is 0 Å². The molecule has 0 amide bonds. The van der Waals surface area contributed by atoms with E-state index in [9.17, 15) is 34.8 Å². The van der Waals surface area contributed by atoms with Crippen LogP contribution >= 0.6 is 0 Å². The average Bonchev–Trinajstić information content (AvgIpc) is 2.31. The molecule has 0 aromatic heterocycles. The summed E-state index contributed by atoms with van der Waals surface area (Å²) in [5, 5.41) is 0. The van der Waals surface area contributed by atoms with Crippen LogP contribution in [0.1, 0.15) is 0 Å². The Hall–Kier alpha value is -1.49. The maximum absolute atomic E-state index is 13.3. The summed E-state index contributed by atoms with van der Waals surface area (Å²) in [7, 11) is -4.96. The topological polar surface area (TPSA) is 72.2 Å². The van der Waals surface area contributed by atoms with Crippen LogP contribution < -0.4 is 10.5 Å². The Morgan fingerprint density at radius 2 is 1.80 bits per heavy atom. The van der Waals surface area contributed by atoms with Crippen molar-refractivity contribution in [2.45, 2.75) is 17.2 Å². The maximum atomic E-state index is 13.3. The van der Waals surface area contributed by atoms with Gasteiger partial charge in [-0.25, -0.2) is 30.7 Å². The van der Waals surface area contributed by atoms with E-state index in [0.29, 0.717) is 12.1 Å². The number of hydrogen-bond donors (Lipinski definition) is 2. The molecule has 0 aliphatic carbocycles. The van der Waals surface area contributed by atoms with E-state index in [1.165, 1.54) is 0 Å². The lowest BCUT2D eigenvalue weighted by molar-refractivity contribution is -0.122. The summed E-state index contributed by atoms with van der Waals surface area (Å²) in [5.74, 6) is -8.12. The monoisotopic (exact) mass is 322 g/mol. The Labute approximate surface area is 109 Å². The molecule has 0 heterocycles. The molecule has 3 N–H and O–H groups in total. The molecule has 114 valence electrons. The third-order valence-corrected chi connectivity index (χ3v) is 3.52. The molecule has 0 bridgehead atoms. The first-order valence-corrected chi connectivity index (χ1v) is 6.36. The van der Waals surface area contributed by atoms with Crippen molar-refractivity contribution in [1.29, 1.82) is 0 Å². The zero-order chi connectivity index (χ0) is 15.7. The van der Waals surface area contributed by atoms with Gasteiger partial charge in [0.2, 0.25) is 10.0 Å². The molecule has 1 aromatic carbocycles. The van der Waals surface area contributed by atoms with Gasteiger partial charge in [-0.2, -0.15) is 8.78 Å². The molecule has 0 aliphatic rings. The van der Waals surface area contributed by atoms with Crippen LogP contribution in [0.25, 0.3) is 0 Å². The predicted molar refractivity (Wildman–Crippen MR) is 56.9 cm³/mol. The summed E-state index contributed by atoms with van der Waals surface area (Å²) >= 11 is 0. The third-order valence-electron chi connectivity index (χ3n) is 2.12. The number of sulfonamides is 1. The number of halogens is 6. The smallest absolute Gasteiger partial charge is 0.320 e. The molecule has 0 atom stereocenters. The largest absolute Gasteiger partial charge is 0.399 e. The molecule has 1 rings (SSSR count). The minimum atomic E-state index is -4.96. The van der Waals surface area contributed by atoms with E-state index in [-0.39, 0.29) is 0 Å². The summed E-state index contributed by atoms with van der Waals surface area (Å²) in [5.41, 5.74) is 4.61. The van der Waals surface area contributed by atoms with Gasteiger partial charge in [0.05, 0.1) is 6.54 Å². The quantitative estimate of drug-likeness (QED) is 0.640. The zero-order valence-electron chi connectivity index (χ0n) is 9.51. The van der Waals surface area contributed by atoms with Crippen molar-refractivity contribution >= 4 is 15.7 Å². The molecule has 0 unspecified atom stereocenters. The van der Waals surface area contributed by atoms with E-state index >= 15 is 0 Å². The van der Waals surface area contributed by atoms with Crippen LogP contribution in [-0.4, -0.2) is 27.3 Å². The predicted octanol–water partition coefficient (Wildman–Crippen LogP) is 1.73. The molecular formula is C9H8F6N2O2S. The van der Waals surface area contributed by atoms with Crippen LogP contribution in [0.2, 0.25) is 0 Å². The van der Waals surface area contributed by atoms with Gasteiger partial charge in [-0.3, -0.25) is 0 Å². The van der Waals surface area contributed by atoms with E-state index < -0.39 is 51.1 Å². The fourth-order valence-electron chi connectivity index (χ4n) is 1.13. The number of nitrogen functional groups attached to an aromatic ring is 1. The standard InChI is InChI=1S/C9H8F6N2O2S/c10-5-1-4(16)2-6(7(5)11)20(18,19)17-3-9(14,15)8(12)13/h1-2,8,17H,3,16H2. The molecule has 0 saturated carbocycles. The van der Waals surface area contributed by atoms with Crippen molar-refractivity contribution in [3.8, 4) is 0 Å². The maximum Gasteiger partial charge on any atom is 0.320 e. The number of hydrogen-bond acceptors (Lipinski definition) is 3. The van der Waals surface area contributed by atoms with Gasteiger partial charge in [0.1, 0.15) is 4.90 Å². The van der Waals surface area contributed by atoms with Gasteiger partial charge in [-0.05, 0) is 12.1 Å². The normalized spacial score (nSPS) is 12.9. The highest BCUT2D eigenvalue weighted by atomic mass is 32.2. The van der Waals surface area contributed by atoms with Gasteiger partial charge in [-0.15, -0.1) is 0 Å². The van der Waals surface area contributed by atoms with Crippen molar-refractivity contribution in [3.05, 3.63) is 23.8 Å². The van der Waals surface area contributed by atoms with E-state index in [4.69, 9.17) is 5.73 Å². The van der Waals surface area contributed by atoms with Crippen LogP contribution in [0.4, 0.5) is 32.0 Å². The lowest BCUT2D eigenvalue weighted by Crippen LogP contribution is -2.41. The molecule has 4 nitrogen and oxygen atoms in total. The minimum absolute atomic E-state index is 0.473. The minimum Gasteiger partial charge on any atom is -0.399 e. The summed E-state index contributed by atoms with van der Waals surface area (Å²) in [4.78, 5) is -1.35. The number of alkyl halides is 4. The van der Waals surface area contributed by atoms with Gasteiger partial charge in [0, 0.05) is 5.69 Å². The second kappa shape index (κ2) is 5.48. The lowest BCUT2D eigenvalue weighted by atomic mass is 10.3. The SMILES string of the molecule is Nc1cc(F)c(F)c(S(=O)(=O)NCC(F)(F)C(F)F)c1. The Kier molecular flexibility index (Phi) is 4.54. The lowest BCUT2D eigenvalue weighted by Gasteiger charge is -2.16. The van der Waals surface area contributed by atoms with Gasteiger partial charge in [0.15, 0.2) is 11.6 Å². The van der Waals surface area contributed by atoms with Crippen molar-refractivity contribution in [2.24, 2.45) is 0 Å². The number of nitrogens with two attached hydrogens (primary N) is 1. The summed E-state index contributed by atoms with van der Waals surface area (Å²) in [6, 6.07) is 0.948. The first-order chi connectivity index (χ1) is 8.97. The van der Waals surface area contributed by atoms with Gasteiger partial charge < -0.3 is 5.73 Å². The first-order valence-electron chi connectivity index (χ1n) is 4.87. The number of benzene rings is 1. The summed E-state index contributed by atoms with van der Waals surface area (Å²) in [6.45, 7) is -1.97. The number of rotatable bonds is 5. The third kappa shape index (κ3) is 3.54. The molecule has 0 aliphatic heterocycles. The highest BCUT2D eigenvalue weighted by molar-refractivity contribution is 7.89.